The number of rotatable bonds is 10. The van der Waals surface area contributed by atoms with E-state index in [1.807, 2.05) is 62.4 Å². The number of ether oxygens (including phenoxy) is 1. The highest BCUT2D eigenvalue weighted by Crippen LogP contribution is 2.32. The Morgan fingerprint density at radius 1 is 0.974 bits per heavy atom. The summed E-state index contributed by atoms with van der Waals surface area (Å²) in [5.74, 6) is -0.0861. The number of halogens is 3. The fraction of sp³-hybridized carbons (Fsp3) is 0.355. The molecule has 208 valence electrons. The minimum atomic E-state index is -0.815. The molecule has 0 spiro atoms. The Kier molecular flexibility index (Phi) is 10.9. The zero-order chi connectivity index (χ0) is 28.7. The maximum absolute atomic E-state index is 13.8. The molecule has 0 saturated heterocycles. The summed E-state index contributed by atoms with van der Waals surface area (Å²) in [6.07, 6.45) is 0.317. The van der Waals surface area contributed by atoms with Gasteiger partial charge in [0.15, 0.2) is 6.61 Å². The van der Waals surface area contributed by atoms with Gasteiger partial charge in [0.05, 0.1) is 4.47 Å². The summed E-state index contributed by atoms with van der Waals surface area (Å²) in [5.41, 5.74) is 2.60. The fourth-order valence-corrected chi connectivity index (χ4v) is 5.11. The minimum Gasteiger partial charge on any atom is -0.483 e. The van der Waals surface area contributed by atoms with Crippen LogP contribution < -0.4 is 10.1 Å². The highest BCUT2D eigenvalue weighted by atomic mass is 79.9. The second-order valence-corrected chi connectivity index (χ2v) is 12.4. The fourth-order valence-electron chi connectivity index (χ4n) is 4.10. The van der Waals surface area contributed by atoms with Crippen LogP contribution in [0.25, 0.3) is 0 Å². The maximum Gasteiger partial charge on any atom is 0.261 e. The lowest BCUT2D eigenvalue weighted by atomic mass is 9.87. The molecular weight excluding hydrogens is 599 g/mol. The molecule has 0 saturated carbocycles. The highest BCUT2D eigenvalue weighted by Gasteiger charge is 2.32. The van der Waals surface area contributed by atoms with Gasteiger partial charge in [-0.1, -0.05) is 86.4 Å². The first kappa shape index (κ1) is 31.0. The normalized spacial score (nSPS) is 12.2. The first-order chi connectivity index (χ1) is 18.4. The van der Waals surface area contributed by atoms with Crippen molar-refractivity contribution >= 4 is 50.9 Å². The quantitative estimate of drug-likeness (QED) is 0.250. The molecule has 1 unspecified atom stereocenters. The van der Waals surface area contributed by atoms with Gasteiger partial charge in [-0.05, 0) is 70.6 Å². The molecule has 0 aliphatic heterocycles. The third kappa shape index (κ3) is 8.72. The van der Waals surface area contributed by atoms with E-state index in [0.29, 0.717) is 27.8 Å². The molecule has 0 radical (unpaired) electrons. The Balaban J connectivity index is 1.95. The standard InChI is InChI=1S/C31H35BrCl2N2O3/c1-20(2)35-30(38)27(16-21-10-7-6-8-11-21)36(18-23-25(33)12-9-13-26(23)34)29(37)19-39-28-15-14-22(17-24(28)32)31(3,4)5/h6-15,17,20,27H,16,18-19H2,1-5H3,(H,35,38). The maximum atomic E-state index is 13.8. The molecule has 1 atom stereocenters. The van der Waals surface area contributed by atoms with E-state index in [1.54, 1.807) is 18.2 Å². The summed E-state index contributed by atoms with van der Waals surface area (Å²) < 4.78 is 6.72. The van der Waals surface area contributed by atoms with E-state index in [9.17, 15) is 9.59 Å². The number of amides is 2. The van der Waals surface area contributed by atoms with Crippen LogP contribution in [0.3, 0.4) is 0 Å². The van der Waals surface area contributed by atoms with Gasteiger partial charge in [0.25, 0.3) is 5.91 Å². The Morgan fingerprint density at radius 2 is 1.62 bits per heavy atom. The van der Waals surface area contributed by atoms with Crippen LogP contribution in [-0.4, -0.2) is 35.4 Å². The van der Waals surface area contributed by atoms with Crippen molar-refractivity contribution in [2.75, 3.05) is 6.61 Å². The molecule has 3 aromatic carbocycles. The van der Waals surface area contributed by atoms with Crippen molar-refractivity contribution in [3.05, 3.63) is 97.9 Å². The zero-order valence-corrected chi connectivity index (χ0v) is 26.0. The van der Waals surface area contributed by atoms with Gasteiger partial charge in [-0.3, -0.25) is 9.59 Å². The Bertz CT molecular complexity index is 1270. The van der Waals surface area contributed by atoms with Crippen LogP contribution in [0.4, 0.5) is 0 Å². The second-order valence-electron chi connectivity index (χ2n) is 10.8. The van der Waals surface area contributed by atoms with Crippen LogP contribution in [0.15, 0.2) is 71.2 Å². The average molecular weight is 634 g/mol. The summed E-state index contributed by atoms with van der Waals surface area (Å²) in [7, 11) is 0. The Morgan fingerprint density at radius 3 is 2.18 bits per heavy atom. The van der Waals surface area contributed by atoms with Crippen molar-refractivity contribution in [2.24, 2.45) is 0 Å². The minimum absolute atomic E-state index is 0.0314. The van der Waals surface area contributed by atoms with E-state index < -0.39 is 6.04 Å². The third-order valence-electron chi connectivity index (χ3n) is 6.24. The molecule has 0 heterocycles. The first-order valence-corrected chi connectivity index (χ1v) is 14.4. The molecular formula is C31H35BrCl2N2O3. The Hall–Kier alpha value is -2.54. The van der Waals surface area contributed by atoms with Gasteiger partial charge in [0.2, 0.25) is 5.91 Å². The number of nitrogens with zero attached hydrogens (tertiary/aromatic N) is 1. The van der Waals surface area contributed by atoms with Gasteiger partial charge in [-0.25, -0.2) is 0 Å². The monoisotopic (exact) mass is 632 g/mol. The van der Waals surface area contributed by atoms with Crippen LogP contribution in [0.1, 0.15) is 51.3 Å². The van der Waals surface area contributed by atoms with Gasteiger partial charge in [-0.15, -0.1) is 0 Å². The van der Waals surface area contributed by atoms with Crippen molar-refractivity contribution in [3.63, 3.8) is 0 Å². The van der Waals surface area contributed by atoms with Crippen LogP contribution in [-0.2, 0) is 28.0 Å². The van der Waals surface area contributed by atoms with Crippen molar-refractivity contribution in [3.8, 4) is 5.75 Å². The van der Waals surface area contributed by atoms with Crippen LogP contribution in [0, 0.1) is 0 Å². The molecule has 8 heteroatoms. The molecule has 0 bridgehead atoms. The van der Waals surface area contributed by atoms with E-state index in [0.717, 1.165) is 15.6 Å². The summed E-state index contributed by atoms with van der Waals surface area (Å²) in [6.45, 7) is 9.94. The van der Waals surface area contributed by atoms with E-state index in [-0.39, 0.29) is 36.4 Å². The Labute approximate surface area is 250 Å². The lowest BCUT2D eigenvalue weighted by molar-refractivity contribution is -0.143. The molecule has 2 amide bonds. The molecule has 3 aromatic rings. The van der Waals surface area contributed by atoms with Crippen LogP contribution >= 0.6 is 39.1 Å². The molecule has 3 rings (SSSR count). The van der Waals surface area contributed by atoms with Crippen molar-refractivity contribution in [1.82, 2.24) is 10.2 Å². The second kappa shape index (κ2) is 13.7. The van der Waals surface area contributed by atoms with Gasteiger partial charge in [0.1, 0.15) is 11.8 Å². The molecule has 5 nitrogen and oxygen atoms in total. The summed E-state index contributed by atoms with van der Waals surface area (Å²) in [6, 6.07) is 19.7. The first-order valence-electron chi connectivity index (χ1n) is 12.9. The number of hydrogen-bond donors (Lipinski definition) is 1. The smallest absolute Gasteiger partial charge is 0.261 e. The van der Waals surface area contributed by atoms with E-state index in [4.69, 9.17) is 27.9 Å². The van der Waals surface area contributed by atoms with E-state index in [1.165, 1.54) is 4.90 Å². The lowest BCUT2D eigenvalue weighted by Crippen LogP contribution is -2.52. The van der Waals surface area contributed by atoms with Crippen molar-refractivity contribution in [2.45, 2.75) is 65.1 Å². The number of benzene rings is 3. The molecule has 0 fully saturated rings. The van der Waals surface area contributed by atoms with E-state index in [2.05, 4.69) is 42.0 Å². The molecule has 39 heavy (non-hydrogen) atoms. The lowest BCUT2D eigenvalue weighted by Gasteiger charge is -2.32. The summed E-state index contributed by atoms with van der Waals surface area (Å²) >= 11 is 16.6. The summed E-state index contributed by atoms with van der Waals surface area (Å²) in [4.78, 5) is 28.8. The third-order valence-corrected chi connectivity index (χ3v) is 7.57. The molecule has 0 aromatic heterocycles. The highest BCUT2D eigenvalue weighted by molar-refractivity contribution is 9.10. The predicted molar refractivity (Wildman–Crippen MR) is 163 cm³/mol. The number of carbonyl (C=O) groups is 2. The van der Waals surface area contributed by atoms with Crippen molar-refractivity contribution < 1.29 is 14.3 Å². The van der Waals surface area contributed by atoms with Crippen LogP contribution in [0.2, 0.25) is 10.0 Å². The number of hydrogen-bond acceptors (Lipinski definition) is 3. The number of nitrogens with one attached hydrogen (secondary N) is 1. The average Bonchev–Trinajstić information content (AvgIpc) is 2.86. The molecule has 0 aliphatic carbocycles. The van der Waals surface area contributed by atoms with Crippen molar-refractivity contribution in [1.29, 1.82) is 0 Å². The zero-order valence-electron chi connectivity index (χ0n) is 22.9. The van der Waals surface area contributed by atoms with Gasteiger partial charge in [-0.2, -0.15) is 0 Å². The SMILES string of the molecule is CC(C)NC(=O)C(Cc1ccccc1)N(Cc1c(Cl)cccc1Cl)C(=O)COc1ccc(C(C)(C)C)cc1Br. The largest absolute Gasteiger partial charge is 0.483 e. The van der Waals surface area contributed by atoms with E-state index >= 15 is 0 Å². The van der Waals surface area contributed by atoms with Crippen LogP contribution in [0.5, 0.6) is 5.75 Å². The molecule has 1 N–H and O–H groups in total. The topological polar surface area (TPSA) is 58.6 Å². The molecule has 0 aliphatic rings. The number of carbonyl (C=O) groups excluding carboxylic acids is 2. The van der Waals surface area contributed by atoms with Gasteiger partial charge >= 0.3 is 0 Å². The predicted octanol–water partition coefficient (Wildman–Crippen LogP) is 7.60. The van der Waals surface area contributed by atoms with Gasteiger partial charge < -0.3 is 15.0 Å². The van der Waals surface area contributed by atoms with Gasteiger partial charge in [0, 0.05) is 34.6 Å². The summed E-state index contributed by atoms with van der Waals surface area (Å²) in [5, 5.41) is 3.81.